The van der Waals surface area contributed by atoms with Crippen molar-refractivity contribution in [3.05, 3.63) is 47.7 Å². The first-order valence-electron chi connectivity index (χ1n) is 7.72. The number of piperazine rings is 1. The summed E-state index contributed by atoms with van der Waals surface area (Å²) in [5.41, 5.74) is 0.764. The van der Waals surface area contributed by atoms with Gasteiger partial charge >= 0.3 is 6.03 Å². The van der Waals surface area contributed by atoms with Crippen molar-refractivity contribution in [2.45, 2.75) is 6.54 Å². The number of hydrogen-bond donors (Lipinski definition) is 1. The number of urea groups is 1. The molecule has 6 nitrogen and oxygen atoms in total. The first-order chi connectivity index (χ1) is 11.2. The van der Waals surface area contributed by atoms with Crippen molar-refractivity contribution in [3.63, 3.8) is 0 Å². The summed E-state index contributed by atoms with van der Waals surface area (Å²) >= 11 is 5.84. The number of benzene rings is 1. The highest BCUT2D eigenvalue weighted by Crippen LogP contribution is 2.14. The van der Waals surface area contributed by atoms with E-state index in [1.807, 2.05) is 21.8 Å². The standard InChI is InChI=1S/C16H20ClN5O/c17-14-2-4-15(5-3-14)19-16(23)21-11-8-20(9-12-21)10-13-22-7-1-6-18-22/h1-7H,8-13H2,(H,19,23). The van der Waals surface area contributed by atoms with Crippen LogP contribution in [0.5, 0.6) is 0 Å². The van der Waals surface area contributed by atoms with Gasteiger partial charge < -0.3 is 10.2 Å². The molecule has 0 unspecified atom stereocenters. The van der Waals surface area contributed by atoms with E-state index in [0.717, 1.165) is 45.0 Å². The summed E-state index contributed by atoms with van der Waals surface area (Å²) in [6, 6.07) is 9.02. The zero-order valence-electron chi connectivity index (χ0n) is 12.9. The average Bonchev–Trinajstić information content (AvgIpc) is 3.09. The number of hydrogen-bond acceptors (Lipinski definition) is 3. The minimum Gasteiger partial charge on any atom is -0.322 e. The van der Waals surface area contributed by atoms with Gasteiger partial charge in [-0.2, -0.15) is 5.10 Å². The third-order valence-electron chi connectivity index (χ3n) is 3.96. The predicted molar refractivity (Wildman–Crippen MR) is 90.7 cm³/mol. The molecule has 1 N–H and O–H groups in total. The SMILES string of the molecule is O=C(Nc1ccc(Cl)cc1)N1CCN(CCn2cccn2)CC1. The van der Waals surface area contributed by atoms with Gasteiger partial charge in [-0.15, -0.1) is 0 Å². The summed E-state index contributed by atoms with van der Waals surface area (Å²) in [6.45, 7) is 5.07. The van der Waals surface area contributed by atoms with E-state index in [9.17, 15) is 4.79 Å². The smallest absolute Gasteiger partial charge is 0.321 e. The molecule has 3 rings (SSSR count). The maximum absolute atomic E-state index is 12.3. The number of nitrogens with zero attached hydrogens (tertiary/aromatic N) is 4. The molecule has 2 amide bonds. The fourth-order valence-corrected chi connectivity index (χ4v) is 2.71. The van der Waals surface area contributed by atoms with Crippen molar-refractivity contribution in [2.75, 3.05) is 38.0 Å². The zero-order chi connectivity index (χ0) is 16.1. The molecule has 1 aromatic heterocycles. The number of carbonyl (C=O) groups excluding carboxylic acids is 1. The van der Waals surface area contributed by atoms with E-state index in [4.69, 9.17) is 11.6 Å². The molecule has 0 bridgehead atoms. The lowest BCUT2D eigenvalue weighted by molar-refractivity contribution is 0.143. The van der Waals surface area contributed by atoms with E-state index in [-0.39, 0.29) is 6.03 Å². The molecule has 0 saturated carbocycles. The van der Waals surface area contributed by atoms with Crippen molar-refractivity contribution in [1.29, 1.82) is 0 Å². The fourth-order valence-electron chi connectivity index (χ4n) is 2.59. The molecule has 2 aromatic rings. The Morgan fingerprint density at radius 1 is 1.13 bits per heavy atom. The second-order valence-electron chi connectivity index (χ2n) is 5.53. The molecule has 1 aliphatic rings. The predicted octanol–water partition coefficient (Wildman–Crippen LogP) is 2.39. The molecule has 1 aliphatic heterocycles. The lowest BCUT2D eigenvalue weighted by Gasteiger charge is -2.34. The van der Waals surface area contributed by atoms with Gasteiger partial charge in [0, 0.05) is 55.8 Å². The highest BCUT2D eigenvalue weighted by Gasteiger charge is 2.20. The van der Waals surface area contributed by atoms with Crippen LogP contribution in [0.25, 0.3) is 0 Å². The van der Waals surface area contributed by atoms with Crippen LogP contribution in [0.2, 0.25) is 5.02 Å². The van der Waals surface area contributed by atoms with Crippen molar-refractivity contribution >= 4 is 23.3 Å². The molecular weight excluding hydrogens is 314 g/mol. The summed E-state index contributed by atoms with van der Waals surface area (Å²) in [7, 11) is 0. The van der Waals surface area contributed by atoms with E-state index >= 15 is 0 Å². The highest BCUT2D eigenvalue weighted by atomic mass is 35.5. The van der Waals surface area contributed by atoms with E-state index < -0.39 is 0 Å². The lowest BCUT2D eigenvalue weighted by Crippen LogP contribution is -2.50. The second-order valence-corrected chi connectivity index (χ2v) is 5.97. The lowest BCUT2D eigenvalue weighted by atomic mass is 10.3. The monoisotopic (exact) mass is 333 g/mol. The Balaban J connectivity index is 1.42. The number of aromatic nitrogens is 2. The number of anilines is 1. The Kier molecular flexibility index (Phi) is 5.15. The minimum absolute atomic E-state index is 0.0564. The van der Waals surface area contributed by atoms with Crippen LogP contribution in [0.1, 0.15) is 0 Å². The first kappa shape index (κ1) is 15.8. The van der Waals surface area contributed by atoms with E-state index in [2.05, 4.69) is 15.3 Å². The molecule has 1 saturated heterocycles. The van der Waals surface area contributed by atoms with E-state index in [0.29, 0.717) is 5.02 Å². The second kappa shape index (κ2) is 7.48. The van der Waals surface area contributed by atoms with E-state index in [1.165, 1.54) is 0 Å². The first-order valence-corrected chi connectivity index (χ1v) is 8.10. The molecule has 0 spiro atoms. The van der Waals surface area contributed by atoms with Gasteiger partial charge in [-0.1, -0.05) is 11.6 Å². The van der Waals surface area contributed by atoms with Crippen LogP contribution in [0.15, 0.2) is 42.7 Å². The van der Waals surface area contributed by atoms with Crippen molar-refractivity contribution in [1.82, 2.24) is 19.6 Å². The maximum atomic E-state index is 12.3. The maximum Gasteiger partial charge on any atom is 0.321 e. The van der Waals surface area contributed by atoms with Crippen LogP contribution in [0.3, 0.4) is 0 Å². The Morgan fingerprint density at radius 2 is 1.87 bits per heavy atom. The zero-order valence-corrected chi connectivity index (χ0v) is 13.6. The molecular formula is C16H20ClN5O. The summed E-state index contributed by atoms with van der Waals surface area (Å²) in [5, 5.41) is 7.77. The van der Waals surface area contributed by atoms with Gasteiger partial charge in [0.05, 0.1) is 6.54 Å². The molecule has 23 heavy (non-hydrogen) atoms. The van der Waals surface area contributed by atoms with Gasteiger partial charge in [0.2, 0.25) is 0 Å². The molecule has 0 radical (unpaired) electrons. The van der Waals surface area contributed by atoms with Crippen LogP contribution in [0, 0.1) is 0 Å². The quantitative estimate of drug-likeness (QED) is 0.934. The van der Waals surface area contributed by atoms with Crippen LogP contribution in [-0.4, -0.2) is 58.3 Å². The Bertz CT molecular complexity index is 620. The summed E-state index contributed by atoms with van der Waals surface area (Å²) in [4.78, 5) is 16.5. The van der Waals surface area contributed by atoms with Crippen LogP contribution >= 0.6 is 11.6 Å². The average molecular weight is 334 g/mol. The number of nitrogens with one attached hydrogen (secondary N) is 1. The van der Waals surface area contributed by atoms with Gasteiger partial charge in [0.25, 0.3) is 0 Å². The van der Waals surface area contributed by atoms with Gasteiger partial charge in [-0.05, 0) is 30.3 Å². The van der Waals surface area contributed by atoms with Gasteiger partial charge in [0.15, 0.2) is 0 Å². The topological polar surface area (TPSA) is 53.4 Å². The number of carbonyl (C=O) groups is 1. The number of amides is 2. The van der Waals surface area contributed by atoms with Gasteiger partial charge in [-0.3, -0.25) is 9.58 Å². The third kappa shape index (κ3) is 4.46. The van der Waals surface area contributed by atoms with Gasteiger partial charge in [0.1, 0.15) is 0 Å². The normalized spacial score (nSPS) is 15.6. The van der Waals surface area contributed by atoms with Gasteiger partial charge in [-0.25, -0.2) is 4.79 Å². The van der Waals surface area contributed by atoms with Crippen LogP contribution < -0.4 is 5.32 Å². The van der Waals surface area contributed by atoms with Crippen LogP contribution in [-0.2, 0) is 6.54 Å². The highest BCUT2D eigenvalue weighted by molar-refractivity contribution is 6.30. The fraction of sp³-hybridized carbons (Fsp3) is 0.375. The van der Waals surface area contributed by atoms with Crippen molar-refractivity contribution in [3.8, 4) is 0 Å². The minimum atomic E-state index is -0.0564. The molecule has 2 heterocycles. The molecule has 1 fully saturated rings. The third-order valence-corrected chi connectivity index (χ3v) is 4.21. The Morgan fingerprint density at radius 3 is 2.52 bits per heavy atom. The Labute approximate surface area is 140 Å². The van der Waals surface area contributed by atoms with E-state index in [1.54, 1.807) is 30.5 Å². The summed E-state index contributed by atoms with van der Waals surface area (Å²) in [5.74, 6) is 0. The van der Waals surface area contributed by atoms with Crippen molar-refractivity contribution in [2.24, 2.45) is 0 Å². The molecule has 0 aliphatic carbocycles. The largest absolute Gasteiger partial charge is 0.322 e. The molecule has 122 valence electrons. The summed E-state index contributed by atoms with van der Waals surface area (Å²) < 4.78 is 1.93. The number of halogens is 1. The molecule has 1 aromatic carbocycles. The Hall–Kier alpha value is -2.05. The molecule has 7 heteroatoms. The summed E-state index contributed by atoms with van der Waals surface area (Å²) in [6.07, 6.45) is 3.76. The van der Waals surface area contributed by atoms with Crippen LogP contribution in [0.4, 0.5) is 10.5 Å². The number of rotatable bonds is 4. The van der Waals surface area contributed by atoms with Crippen molar-refractivity contribution < 1.29 is 4.79 Å². The molecule has 0 atom stereocenters.